The Bertz CT molecular complexity index is 350. The van der Waals surface area contributed by atoms with Crippen molar-refractivity contribution >= 4 is 20.9 Å². The van der Waals surface area contributed by atoms with E-state index in [1.165, 1.54) is 24.9 Å². The minimum absolute atomic E-state index is 0.0532. The van der Waals surface area contributed by atoms with Gasteiger partial charge in [0.1, 0.15) is 6.23 Å². The summed E-state index contributed by atoms with van der Waals surface area (Å²) in [5.74, 6) is -1.47. The molecule has 0 aromatic carbocycles. The van der Waals surface area contributed by atoms with Crippen molar-refractivity contribution in [3.05, 3.63) is 0 Å². The third kappa shape index (κ3) is 3.57. The smallest absolute Gasteiger partial charge is 0.308 e. The minimum Gasteiger partial charge on any atom is -0.481 e. The monoisotopic (exact) mass is 285 g/mol. The molecule has 0 aromatic rings. The predicted octanol–water partition coefficient (Wildman–Crippen LogP) is 1.58. The number of nitrogens with zero attached hydrogens (tertiary/aromatic N) is 1. The molecule has 2 aliphatic heterocycles. The van der Waals surface area contributed by atoms with Crippen LogP contribution in [0.5, 0.6) is 0 Å². The van der Waals surface area contributed by atoms with Crippen LogP contribution in [0.1, 0.15) is 39.0 Å². The van der Waals surface area contributed by atoms with Crippen LogP contribution in [0.3, 0.4) is 0 Å². The molecule has 0 aromatic heterocycles. The molecule has 0 spiro atoms. The summed E-state index contributed by atoms with van der Waals surface area (Å²) in [5.41, 5.74) is 0. The highest BCUT2D eigenvalue weighted by molar-refractivity contribution is 6.52. The molecule has 2 fully saturated rings. The van der Waals surface area contributed by atoms with Gasteiger partial charge in [-0.1, -0.05) is 19.8 Å². The van der Waals surface area contributed by atoms with Crippen molar-refractivity contribution in [1.29, 1.82) is 0 Å². The second kappa shape index (κ2) is 6.52. The molecule has 108 valence electrons. The summed E-state index contributed by atoms with van der Waals surface area (Å²) < 4.78 is 6.12. The van der Waals surface area contributed by atoms with Gasteiger partial charge in [0.05, 0.1) is 5.92 Å². The lowest BCUT2D eigenvalue weighted by Crippen LogP contribution is -2.44. The van der Waals surface area contributed by atoms with Crippen LogP contribution in [0.4, 0.5) is 0 Å². The summed E-state index contributed by atoms with van der Waals surface area (Å²) in [6.07, 6.45) is 4.37. The summed E-state index contributed by atoms with van der Waals surface area (Å²) >= 11 is 0. The van der Waals surface area contributed by atoms with Gasteiger partial charge in [0.2, 0.25) is 5.91 Å². The van der Waals surface area contributed by atoms with Gasteiger partial charge in [-0.2, -0.15) is 0 Å². The Hall–Kier alpha value is -0.883. The molecule has 1 amide bonds. The number of unbranched alkanes of at least 4 members (excludes halogenated alkanes) is 1. The van der Waals surface area contributed by atoms with E-state index in [4.69, 9.17) is 9.53 Å². The fourth-order valence-corrected chi connectivity index (χ4v) is 5.77. The lowest BCUT2D eigenvalue weighted by molar-refractivity contribution is -0.141. The molecule has 6 heteroatoms. The van der Waals surface area contributed by atoms with E-state index in [0.29, 0.717) is 6.54 Å². The Morgan fingerprint density at radius 1 is 1.58 bits per heavy atom. The molecule has 1 N–H and O–H groups in total. The van der Waals surface area contributed by atoms with Crippen molar-refractivity contribution in [2.24, 2.45) is 5.92 Å². The highest BCUT2D eigenvalue weighted by atomic mass is 28.3. The van der Waals surface area contributed by atoms with E-state index in [1.54, 1.807) is 4.90 Å². The molecule has 0 radical (unpaired) electrons. The maximum absolute atomic E-state index is 11.9. The highest BCUT2D eigenvalue weighted by Gasteiger charge is 2.39. The number of carboxylic acids is 1. The predicted molar refractivity (Wildman–Crippen MR) is 73.2 cm³/mol. The molecule has 2 saturated heterocycles. The molecule has 19 heavy (non-hydrogen) atoms. The summed E-state index contributed by atoms with van der Waals surface area (Å²) in [4.78, 5) is 24.5. The van der Waals surface area contributed by atoms with Crippen molar-refractivity contribution in [1.82, 2.24) is 4.90 Å². The largest absolute Gasteiger partial charge is 0.481 e. The number of amides is 1. The van der Waals surface area contributed by atoms with Crippen LogP contribution in [0, 0.1) is 5.92 Å². The number of carbonyl (C=O) groups is 2. The van der Waals surface area contributed by atoms with Gasteiger partial charge in [-0.05, 0) is 24.9 Å². The molecule has 2 aliphatic rings. The summed E-state index contributed by atoms with van der Waals surface area (Å²) in [7, 11) is -1.17. The zero-order chi connectivity index (χ0) is 13.8. The number of rotatable bonds is 5. The van der Waals surface area contributed by atoms with Gasteiger partial charge >= 0.3 is 5.97 Å². The molecule has 0 saturated carbocycles. The van der Waals surface area contributed by atoms with Crippen LogP contribution in [-0.2, 0) is 14.0 Å². The molecule has 0 aliphatic carbocycles. The van der Waals surface area contributed by atoms with Crippen molar-refractivity contribution in [3.8, 4) is 0 Å². The van der Waals surface area contributed by atoms with Crippen molar-refractivity contribution in [3.63, 3.8) is 0 Å². The Morgan fingerprint density at radius 3 is 3.00 bits per heavy atom. The maximum Gasteiger partial charge on any atom is 0.308 e. The van der Waals surface area contributed by atoms with E-state index in [1.807, 2.05) is 0 Å². The molecule has 3 atom stereocenters. The van der Waals surface area contributed by atoms with E-state index < -0.39 is 20.9 Å². The third-order valence-electron chi connectivity index (χ3n) is 4.06. The van der Waals surface area contributed by atoms with E-state index in [9.17, 15) is 9.59 Å². The SMILES string of the molecule is CCCC[SiH]1CCCC(N2CC(C(=O)O)CC2=O)O1. The fraction of sp³-hybridized carbons (Fsp3) is 0.846. The van der Waals surface area contributed by atoms with Crippen LogP contribution in [-0.4, -0.2) is 43.7 Å². The maximum atomic E-state index is 11.9. The van der Waals surface area contributed by atoms with Gasteiger partial charge in [0.15, 0.2) is 9.04 Å². The molecule has 5 nitrogen and oxygen atoms in total. The molecule has 0 bridgehead atoms. The summed E-state index contributed by atoms with van der Waals surface area (Å²) in [6, 6.07) is 2.37. The van der Waals surface area contributed by atoms with Crippen molar-refractivity contribution in [2.75, 3.05) is 6.54 Å². The van der Waals surface area contributed by atoms with E-state index in [2.05, 4.69) is 6.92 Å². The van der Waals surface area contributed by atoms with Gasteiger partial charge in [0, 0.05) is 13.0 Å². The first-order valence-electron chi connectivity index (χ1n) is 7.29. The quantitative estimate of drug-likeness (QED) is 0.779. The van der Waals surface area contributed by atoms with E-state index in [0.717, 1.165) is 12.8 Å². The van der Waals surface area contributed by atoms with Crippen LogP contribution in [0.15, 0.2) is 0 Å². The molecule has 2 rings (SSSR count). The van der Waals surface area contributed by atoms with Crippen LogP contribution < -0.4 is 0 Å². The fourth-order valence-electron chi connectivity index (χ4n) is 2.93. The Morgan fingerprint density at radius 2 is 2.37 bits per heavy atom. The van der Waals surface area contributed by atoms with E-state index in [-0.39, 0.29) is 18.6 Å². The van der Waals surface area contributed by atoms with E-state index >= 15 is 0 Å². The van der Waals surface area contributed by atoms with Gasteiger partial charge in [-0.15, -0.1) is 0 Å². The number of carbonyl (C=O) groups excluding carboxylic acids is 1. The second-order valence-corrected chi connectivity index (χ2v) is 8.24. The number of carboxylic acid groups (broad SMARTS) is 1. The average Bonchev–Trinajstić information content (AvgIpc) is 2.79. The molecular formula is C13H23NO4Si. The number of hydrogen-bond acceptors (Lipinski definition) is 3. The van der Waals surface area contributed by atoms with Crippen molar-refractivity contribution < 1.29 is 19.1 Å². The van der Waals surface area contributed by atoms with Gasteiger partial charge in [-0.25, -0.2) is 0 Å². The number of hydrogen-bond donors (Lipinski definition) is 1. The van der Waals surface area contributed by atoms with Gasteiger partial charge < -0.3 is 14.4 Å². The summed E-state index contributed by atoms with van der Waals surface area (Å²) in [6.45, 7) is 2.50. The first-order valence-corrected chi connectivity index (χ1v) is 9.40. The van der Waals surface area contributed by atoms with Gasteiger partial charge in [0.25, 0.3) is 0 Å². The lowest BCUT2D eigenvalue weighted by atomic mass is 10.1. The average molecular weight is 285 g/mol. The Kier molecular flexibility index (Phi) is 4.98. The zero-order valence-corrected chi connectivity index (χ0v) is 12.7. The minimum atomic E-state index is -1.17. The highest BCUT2D eigenvalue weighted by Crippen LogP contribution is 2.28. The Labute approximate surface area is 115 Å². The summed E-state index contributed by atoms with van der Waals surface area (Å²) in [5, 5.41) is 9.00. The molecule has 3 unspecified atom stereocenters. The topological polar surface area (TPSA) is 66.8 Å². The molecule has 2 heterocycles. The van der Waals surface area contributed by atoms with Crippen LogP contribution >= 0.6 is 0 Å². The number of aliphatic carboxylic acids is 1. The second-order valence-electron chi connectivity index (χ2n) is 5.57. The first kappa shape index (κ1) is 14.5. The lowest BCUT2D eigenvalue weighted by Gasteiger charge is -2.35. The van der Waals surface area contributed by atoms with Crippen LogP contribution in [0.25, 0.3) is 0 Å². The Balaban J connectivity index is 1.90. The normalized spacial score (nSPS) is 31.7. The van der Waals surface area contributed by atoms with Crippen molar-refractivity contribution in [2.45, 2.75) is 57.3 Å². The zero-order valence-electron chi connectivity index (χ0n) is 11.5. The number of likely N-dealkylation sites (tertiary alicyclic amines) is 1. The third-order valence-corrected chi connectivity index (χ3v) is 6.87. The van der Waals surface area contributed by atoms with Gasteiger partial charge in [-0.3, -0.25) is 9.59 Å². The first-order chi connectivity index (χ1) is 9.11. The standard InChI is InChI=1S/C13H23NO4Si/c1-2-3-6-19-7-4-5-12(18-19)14-9-10(13(16)17)8-11(14)15/h10,12,19H,2-9H2,1H3,(H,16,17). The van der Waals surface area contributed by atoms with Crippen LogP contribution in [0.2, 0.25) is 12.1 Å². The molecular weight excluding hydrogens is 262 g/mol.